The van der Waals surface area contributed by atoms with E-state index in [-0.39, 0.29) is 0 Å². The average molecular weight is 289 g/mol. The van der Waals surface area contributed by atoms with Crippen molar-refractivity contribution < 1.29 is 8.42 Å². The van der Waals surface area contributed by atoms with E-state index in [9.17, 15) is 8.42 Å². The number of piperidine rings is 1. The molecule has 0 unspecified atom stereocenters. The second kappa shape index (κ2) is 5.36. The van der Waals surface area contributed by atoms with Crippen molar-refractivity contribution in [2.45, 2.75) is 19.3 Å². The van der Waals surface area contributed by atoms with Crippen LogP contribution in [-0.4, -0.2) is 27.8 Å². The molecule has 4 nitrogen and oxygen atoms in total. The Morgan fingerprint density at radius 1 is 1.22 bits per heavy atom. The molecule has 18 heavy (non-hydrogen) atoms. The predicted octanol–water partition coefficient (Wildman–Crippen LogP) is 2.70. The fourth-order valence-corrected chi connectivity index (χ4v) is 2.93. The minimum Gasteiger partial charge on any atom is -0.371 e. The van der Waals surface area contributed by atoms with Gasteiger partial charge in [-0.05, 0) is 37.5 Å². The lowest BCUT2D eigenvalue weighted by molar-refractivity contribution is 0.578. The van der Waals surface area contributed by atoms with Gasteiger partial charge in [0.15, 0.2) is 0 Å². The lowest BCUT2D eigenvalue weighted by Gasteiger charge is -2.29. The highest BCUT2D eigenvalue weighted by atomic mass is 35.5. The topological polar surface area (TPSA) is 49.4 Å². The molecule has 1 aliphatic heterocycles. The summed E-state index contributed by atoms with van der Waals surface area (Å²) in [7, 11) is -3.30. The summed E-state index contributed by atoms with van der Waals surface area (Å²) in [6.45, 7) is 2.03. The fraction of sp³-hybridized carbons (Fsp3) is 0.500. The van der Waals surface area contributed by atoms with Crippen molar-refractivity contribution >= 4 is 33.0 Å². The SMILES string of the molecule is CS(=O)(=O)Nc1cc(N2CCCCC2)ccc1Cl. The Kier molecular flexibility index (Phi) is 4.02. The van der Waals surface area contributed by atoms with Crippen molar-refractivity contribution in [2.24, 2.45) is 0 Å². The van der Waals surface area contributed by atoms with Crippen molar-refractivity contribution in [1.29, 1.82) is 0 Å². The molecule has 0 amide bonds. The zero-order valence-electron chi connectivity index (χ0n) is 10.3. The van der Waals surface area contributed by atoms with Gasteiger partial charge in [-0.3, -0.25) is 4.72 Å². The largest absolute Gasteiger partial charge is 0.371 e. The summed E-state index contributed by atoms with van der Waals surface area (Å²) in [5, 5.41) is 0.418. The van der Waals surface area contributed by atoms with Crippen molar-refractivity contribution in [3.63, 3.8) is 0 Å². The molecule has 100 valence electrons. The summed E-state index contributed by atoms with van der Waals surface area (Å²) >= 11 is 6.00. The van der Waals surface area contributed by atoms with E-state index in [1.807, 2.05) is 6.07 Å². The lowest BCUT2D eigenvalue weighted by atomic mass is 10.1. The monoisotopic (exact) mass is 288 g/mol. The van der Waals surface area contributed by atoms with E-state index in [4.69, 9.17) is 11.6 Å². The first-order valence-corrected chi connectivity index (χ1v) is 8.25. The minimum absolute atomic E-state index is 0.418. The molecule has 0 saturated carbocycles. The molecule has 1 N–H and O–H groups in total. The first-order valence-electron chi connectivity index (χ1n) is 5.98. The normalized spacial score (nSPS) is 16.7. The summed E-state index contributed by atoms with van der Waals surface area (Å²) < 4.78 is 25.0. The highest BCUT2D eigenvalue weighted by Gasteiger charge is 2.13. The Bertz CT molecular complexity index is 525. The van der Waals surface area contributed by atoms with Crippen molar-refractivity contribution in [3.8, 4) is 0 Å². The summed E-state index contributed by atoms with van der Waals surface area (Å²) in [6.07, 6.45) is 4.74. The van der Waals surface area contributed by atoms with Crippen LogP contribution in [0.3, 0.4) is 0 Å². The zero-order valence-corrected chi connectivity index (χ0v) is 11.9. The van der Waals surface area contributed by atoms with Gasteiger partial charge < -0.3 is 4.90 Å². The number of rotatable bonds is 3. The maximum Gasteiger partial charge on any atom is 0.229 e. The number of nitrogens with one attached hydrogen (secondary N) is 1. The van der Waals surface area contributed by atoms with Crippen molar-refractivity contribution in [2.75, 3.05) is 29.0 Å². The van der Waals surface area contributed by atoms with Gasteiger partial charge in [-0.2, -0.15) is 0 Å². The van der Waals surface area contributed by atoms with Crippen LogP contribution in [0.4, 0.5) is 11.4 Å². The molecule has 0 atom stereocenters. The number of anilines is 2. The smallest absolute Gasteiger partial charge is 0.229 e. The molecule has 0 radical (unpaired) electrons. The molecular formula is C12H17ClN2O2S. The highest BCUT2D eigenvalue weighted by molar-refractivity contribution is 7.92. The molecule has 0 bridgehead atoms. The highest BCUT2D eigenvalue weighted by Crippen LogP contribution is 2.29. The van der Waals surface area contributed by atoms with Crippen LogP contribution in [0.15, 0.2) is 18.2 Å². The van der Waals surface area contributed by atoms with Crippen LogP contribution in [0.2, 0.25) is 5.02 Å². The van der Waals surface area contributed by atoms with E-state index < -0.39 is 10.0 Å². The van der Waals surface area contributed by atoms with E-state index in [1.54, 1.807) is 12.1 Å². The first-order chi connectivity index (χ1) is 8.46. The van der Waals surface area contributed by atoms with Crippen molar-refractivity contribution in [1.82, 2.24) is 0 Å². The fourth-order valence-electron chi connectivity index (χ4n) is 2.14. The van der Waals surface area contributed by atoms with Crippen LogP contribution >= 0.6 is 11.6 Å². The van der Waals surface area contributed by atoms with Gasteiger partial charge in [-0.15, -0.1) is 0 Å². The van der Waals surface area contributed by atoms with Gasteiger partial charge in [-0.25, -0.2) is 8.42 Å². The predicted molar refractivity (Wildman–Crippen MR) is 76.0 cm³/mol. The van der Waals surface area contributed by atoms with Gasteiger partial charge in [0.25, 0.3) is 0 Å². The Hall–Kier alpha value is -0.940. The molecular weight excluding hydrogens is 272 g/mol. The van der Waals surface area contributed by atoms with E-state index in [1.165, 1.54) is 19.3 Å². The summed E-state index contributed by atoms with van der Waals surface area (Å²) in [6, 6.07) is 5.47. The molecule has 1 heterocycles. The molecule has 6 heteroatoms. The summed E-state index contributed by atoms with van der Waals surface area (Å²) in [5.74, 6) is 0. The number of benzene rings is 1. The first kappa shape index (κ1) is 13.5. The summed E-state index contributed by atoms with van der Waals surface area (Å²) in [5.41, 5.74) is 1.47. The van der Waals surface area contributed by atoms with Crippen LogP contribution in [0.25, 0.3) is 0 Å². The van der Waals surface area contributed by atoms with Gasteiger partial charge >= 0.3 is 0 Å². The number of nitrogens with zero attached hydrogens (tertiary/aromatic N) is 1. The summed E-state index contributed by atoms with van der Waals surface area (Å²) in [4.78, 5) is 2.26. The van der Waals surface area contributed by atoms with E-state index in [2.05, 4.69) is 9.62 Å². The maximum atomic E-state index is 11.3. The van der Waals surface area contributed by atoms with Crippen LogP contribution in [0.1, 0.15) is 19.3 Å². The Morgan fingerprint density at radius 2 is 1.89 bits per heavy atom. The zero-order chi connectivity index (χ0) is 13.2. The quantitative estimate of drug-likeness (QED) is 0.930. The molecule has 0 aliphatic carbocycles. The van der Waals surface area contributed by atoms with Crippen LogP contribution in [-0.2, 0) is 10.0 Å². The van der Waals surface area contributed by atoms with Gasteiger partial charge in [0.2, 0.25) is 10.0 Å². The van der Waals surface area contributed by atoms with Gasteiger partial charge in [-0.1, -0.05) is 11.6 Å². The molecule has 1 fully saturated rings. The van der Waals surface area contributed by atoms with Crippen LogP contribution in [0, 0.1) is 0 Å². The van der Waals surface area contributed by atoms with E-state index >= 15 is 0 Å². The third kappa shape index (κ3) is 3.53. The minimum atomic E-state index is -3.30. The number of hydrogen-bond donors (Lipinski definition) is 1. The number of halogens is 1. The lowest BCUT2D eigenvalue weighted by Crippen LogP contribution is -2.29. The molecule has 2 rings (SSSR count). The third-order valence-corrected chi connectivity index (χ3v) is 3.89. The molecule has 1 saturated heterocycles. The molecule has 1 aliphatic rings. The molecule has 0 aromatic heterocycles. The maximum absolute atomic E-state index is 11.3. The Balaban J connectivity index is 2.25. The van der Waals surface area contributed by atoms with Crippen LogP contribution in [0.5, 0.6) is 0 Å². The van der Waals surface area contributed by atoms with E-state index in [0.717, 1.165) is 25.0 Å². The molecule has 1 aromatic rings. The second-order valence-electron chi connectivity index (χ2n) is 4.59. The Labute approximate surface area is 113 Å². The number of sulfonamides is 1. The standard InChI is InChI=1S/C12H17ClN2O2S/c1-18(16,17)14-12-9-10(5-6-11(12)13)15-7-3-2-4-8-15/h5-6,9,14H,2-4,7-8H2,1H3. The van der Waals surface area contributed by atoms with Crippen LogP contribution < -0.4 is 9.62 Å². The molecule has 0 spiro atoms. The Morgan fingerprint density at radius 3 is 2.50 bits per heavy atom. The van der Waals surface area contributed by atoms with E-state index in [0.29, 0.717) is 10.7 Å². The number of hydrogen-bond acceptors (Lipinski definition) is 3. The third-order valence-electron chi connectivity index (χ3n) is 2.97. The van der Waals surface area contributed by atoms with Gasteiger partial charge in [0.05, 0.1) is 17.0 Å². The average Bonchev–Trinajstić information content (AvgIpc) is 2.31. The van der Waals surface area contributed by atoms with Crippen molar-refractivity contribution in [3.05, 3.63) is 23.2 Å². The molecule has 1 aromatic carbocycles. The van der Waals surface area contributed by atoms with Gasteiger partial charge in [0.1, 0.15) is 0 Å². The van der Waals surface area contributed by atoms with Gasteiger partial charge in [0, 0.05) is 18.8 Å². The second-order valence-corrected chi connectivity index (χ2v) is 6.74.